The molecular formula is C11H11FN4O. The third-order valence-corrected chi connectivity index (χ3v) is 2.19. The number of amides is 1. The molecule has 0 unspecified atom stereocenters. The summed E-state index contributed by atoms with van der Waals surface area (Å²) >= 11 is 0. The molecule has 2 rings (SSSR count). The Morgan fingerprint density at radius 1 is 1.47 bits per heavy atom. The summed E-state index contributed by atoms with van der Waals surface area (Å²) in [5, 5.41) is 8.97. The van der Waals surface area contributed by atoms with Crippen LogP contribution < -0.4 is 11.1 Å². The second-order valence-corrected chi connectivity index (χ2v) is 3.63. The average Bonchev–Trinajstić information content (AvgIpc) is 2.63. The van der Waals surface area contributed by atoms with Gasteiger partial charge >= 0.3 is 0 Å². The number of nitrogens with two attached hydrogens (primary N) is 1. The maximum absolute atomic E-state index is 13.4. The highest BCUT2D eigenvalue weighted by molar-refractivity contribution is 6.04. The molecule has 0 aliphatic rings. The quantitative estimate of drug-likeness (QED) is 0.691. The van der Waals surface area contributed by atoms with Crippen molar-refractivity contribution in [3.05, 3.63) is 41.3 Å². The molecule has 0 aliphatic heterocycles. The summed E-state index contributed by atoms with van der Waals surface area (Å²) in [4.78, 5) is 11.7. The van der Waals surface area contributed by atoms with Gasteiger partial charge in [-0.2, -0.15) is 5.10 Å². The van der Waals surface area contributed by atoms with Crippen LogP contribution in [0.25, 0.3) is 0 Å². The maximum Gasteiger partial charge on any atom is 0.259 e. The number of hydrogen-bond acceptors (Lipinski definition) is 3. The number of H-pyrrole nitrogens is 1. The van der Waals surface area contributed by atoms with Crippen molar-refractivity contribution in [2.75, 3.05) is 11.1 Å². The van der Waals surface area contributed by atoms with Crippen LogP contribution in [-0.2, 0) is 0 Å². The highest BCUT2D eigenvalue weighted by atomic mass is 19.1. The summed E-state index contributed by atoms with van der Waals surface area (Å²) in [6.07, 6.45) is 0. The van der Waals surface area contributed by atoms with Gasteiger partial charge in [0.05, 0.1) is 5.56 Å². The third-order valence-electron chi connectivity index (χ3n) is 2.19. The van der Waals surface area contributed by atoms with Crippen LogP contribution in [0.5, 0.6) is 0 Å². The Hall–Kier alpha value is -2.37. The van der Waals surface area contributed by atoms with E-state index in [9.17, 15) is 9.18 Å². The van der Waals surface area contributed by atoms with Crippen LogP contribution in [0, 0.1) is 12.7 Å². The van der Waals surface area contributed by atoms with Crippen molar-refractivity contribution in [1.29, 1.82) is 0 Å². The van der Waals surface area contributed by atoms with Crippen molar-refractivity contribution < 1.29 is 9.18 Å². The molecule has 1 aromatic carbocycles. The summed E-state index contributed by atoms with van der Waals surface area (Å²) in [5.41, 5.74) is 6.40. The minimum atomic E-state index is -0.658. The molecule has 1 amide bonds. The molecular weight excluding hydrogens is 223 g/mol. The van der Waals surface area contributed by atoms with Gasteiger partial charge in [-0.15, -0.1) is 0 Å². The van der Waals surface area contributed by atoms with Crippen LogP contribution in [0.3, 0.4) is 0 Å². The molecule has 0 fully saturated rings. The molecule has 0 aliphatic carbocycles. The Morgan fingerprint density at radius 3 is 2.82 bits per heavy atom. The Balaban J connectivity index is 2.20. The second-order valence-electron chi connectivity index (χ2n) is 3.63. The number of aromatic amines is 1. The monoisotopic (exact) mass is 234 g/mol. The van der Waals surface area contributed by atoms with E-state index in [0.29, 0.717) is 5.82 Å². The Kier molecular flexibility index (Phi) is 2.78. The zero-order valence-corrected chi connectivity index (χ0v) is 9.12. The van der Waals surface area contributed by atoms with Gasteiger partial charge in [0.25, 0.3) is 5.91 Å². The van der Waals surface area contributed by atoms with Crippen molar-refractivity contribution in [2.24, 2.45) is 0 Å². The van der Waals surface area contributed by atoms with Gasteiger partial charge in [0.15, 0.2) is 5.82 Å². The Morgan fingerprint density at radius 2 is 2.24 bits per heavy atom. The molecule has 2 aromatic rings. The molecule has 17 heavy (non-hydrogen) atoms. The predicted octanol–water partition coefficient (Wildman–Crippen LogP) is 1.69. The molecule has 0 radical (unpaired) electrons. The number of aryl methyl sites for hydroxylation is 1. The number of hydrogen-bond donors (Lipinski definition) is 3. The fourth-order valence-corrected chi connectivity index (χ4v) is 1.38. The molecule has 0 saturated heterocycles. The van der Waals surface area contributed by atoms with Crippen molar-refractivity contribution >= 4 is 17.4 Å². The minimum absolute atomic E-state index is 0.0696. The van der Waals surface area contributed by atoms with Crippen molar-refractivity contribution in [2.45, 2.75) is 6.92 Å². The van der Waals surface area contributed by atoms with Crippen molar-refractivity contribution in [3.8, 4) is 0 Å². The van der Waals surface area contributed by atoms with Crippen molar-refractivity contribution in [3.63, 3.8) is 0 Å². The summed E-state index contributed by atoms with van der Waals surface area (Å²) in [6.45, 7) is 1.80. The first-order valence-electron chi connectivity index (χ1n) is 4.94. The molecule has 0 saturated carbocycles. The number of nitrogens with zero attached hydrogens (tertiary/aromatic N) is 1. The predicted molar refractivity (Wildman–Crippen MR) is 62.1 cm³/mol. The van der Waals surface area contributed by atoms with E-state index >= 15 is 0 Å². The fraction of sp³-hybridized carbons (Fsp3) is 0.0909. The summed E-state index contributed by atoms with van der Waals surface area (Å²) in [6, 6.07) is 5.55. The lowest BCUT2D eigenvalue weighted by atomic mass is 10.2. The number of nitrogens with one attached hydrogen (secondary N) is 2. The van der Waals surface area contributed by atoms with Crippen LogP contribution in [0.2, 0.25) is 0 Å². The van der Waals surface area contributed by atoms with E-state index in [4.69, 9.17) is 5.73 Å². The lowest BCUT2D eigenvalue weighted by Crippen LogP contribution is -2.14. The van der Waals surface area contributed by atoms with E-state index < -0.39 is 11.7 Å². The molecule has 1 aromatic heterocycles. The van der Waals surface area contributed by atoms with Gasteiger partial charge in [0.2, 0.25) is 0 Å². The van der Waals surface area contributed by atoms with Gasteiger partial charge in [-0.3, -0.25) is 9.89 Å². The van der Waals surface area contributed by atoms with E-state index in [1.54, 1.807) is 13.0 Å². The highest BCUT2D eigenvalue weighted by Gasteiger charge is 2.12. The Bertz CT molecular complexity index is 564. The first-order chi connectivity index (χ1) is 8.06. The van der Waals surface area contributed by atoms with Crippen LogP contribution in [0.15, 0.2) is 24.3 Å². The first kappa shape index (κ1) is 11.1. The van der Waals surface area contributed by atoms with Crippen LogP contribution in [-0.4, -0.2) is 16.1 Å². The van der Waals surface area contributed by atoms with Gasteiger partial charge < -0.3 is 11.1 Å². The van der Waals surface area contributed by atoms with Gasteiger partial charge in [-0.25, -0.2) is 4.39 Å². The van der Waals surface area contributed by atoms with Gasteiger partial charge in [0, 0.05) is 17.4 Å². The number of aromatic nitrogens is 2. The molecule has 6 heteroatoms. The molecule has 0 bridgehead atoms. The van der Waals surface area contributed by atoms with Crippen LogP contribution in [0.1, 0.15) is 16.1 Å². The number of benzene rings is 1. The van der Waals surface area contributed by atoms with Crippen molar-refractivity contribution in [1.82, 2.24) is 10.2 Å². The summed E-state index contributed by atoms with van der Waals surface area (Å²) in [5.74, 6) is -0.868. The zero-order chi connectivity index (χ0) is 12.4. The topological polar surface area (TPSA) is 83.8 Å². The third kappa shape index (κ3) is 2.41. The number of anilines is 2. The SMILES string of the molecule is Cc1cc(NC(=O)c2ccc(N)cc2F)n[nH]1. The molecule has 0 spiro atoms. The second kappa shape index (κ2) is 4.25. The standard InChI is InChI=1S/C11H11FN4O/c1-6-4-10(16-15-6)14-11(17)8-3-2-7(13)5-9(8)12/h2-5H,13H2,1H3,(H2,14,15,16,17). The zero-order valence-electron chi connectivity index (χ0n) is 9.12. The van der Waals surface area contributed by atoms with E-state index in [-0.39, 0.29) is 11.3 Å². The molecule has 4 N–H and O–H groups in total. The lowest BCUT2D eigenvalue weighted by Gasteiger charge is -2.03. The first-order valence-corrected chi connectivity index (χ1v) is 4.94. The lowest BCUT2D eigenvalue weighted by molar-refractivity contribution is 0.102. The van der Waals surface area contributed by atoms with Gasteiger partial charge in [-0.1, -0.05) is 0 Å². The summed E-state index contributed by atoms with van der Waals surface area (Å²) in [7, 11) is 0. The van der Waals surface area contributed by atoms with Crippen LogP contribution in [0.4, 0.5) is 15.9 Å². The normalized spacial score (nSPS) is 10.2. The molecule has 1 heterocycles. The van der Waals surface area contributed by atoms with Gasteiger partial charge in [0.1, 0.15) is 5.82 Å². The number of nitrogen functional groups attached to an aromatic ring is 1. The highest BCUT2D eigenvalue weighted by Crippen LogP contribution is 2.14. The fourth-order valence-electron chi connectivity index (χ4n) is 1.38. The van der Waals surface area contributed by atoms with E-state index in [1.165, 1.54) is 12.1 Å². The number of carbonyl (C=O) groups excluding carboxylic acids is 1. The van der Waals surface area contributed by atoms with Crippen LogP contribution >= 0.6 is 0 Å². The summed E-state index contributed by atoms with van der Waals surface area (Å²) < 4.78 is 13.4. The van der Waals surface area contributed by atoms with E-state index in [1.807, 2.05) is 0 Å². The molecule has 5 nitrogen and oxygen atoms in total. The Labute approximate surface area is 96.8 Å². The van der Waals surface area contributed by atoms with E-state index in [2.05, 4.69) is 15.5 Å². The minimum Gasteiger partial charge on any atom is -0.399 e. The molecule has 88 valence electrons. The van der Waals surface area contributed by atoms with E-state index in [0.717, 1.165) is 11.8 Å². The maximum atomic E-state index is 13.4. The average molecular weight is 234 g/mol. The number of halogens is 1. The smallest absolute Gasteiger partial charge is 0.259 e. The molecule has 0 atom stereocenters. The number of carbonyl (C=O) groups is 1. The number of rotatable bonds is 2. The van der Waals surface area contributed by atoms with Gasteiger partial charge in [-0.05, 0) is 25.1 Å². The largest absolute Gasteiger partial charge is 0.399 e.